The van der Waals surface area contributed by atoms with Gasteiger partial charge in [-0.2, -0.15) is 0 Å². The molecule has 0 saturated heterocycles. The molecule has 1 heterocycles. The van der Waals surface area contributed by atoms with Gasteiger partial charge in [-0.3, -0.25) is 0 Å². The molecule has 0 atom stereocenters. The zero-order valence-corrected chi connectivity index (χ0v) is 12.5. The number of ether oxygens (including phenoxy) is 1. The Kier molecular flexibility index (Phi) is 5.24. The Morgan fingerprint density at radius 1 is 1.20 bits per heavy atom. The van der Waals surface area contributed by atoms with Gasteiger partial charge >= 0.3 is 0 Å². The molecule has 108 valence electrons. The van der Waals surface area contributed by atoms with E-state index in [0.29, 0.717) is 6.61 Å². The number of rotatable bonds is 7. The van der Waals surface area contributed by atoms with Crippen molar-refractivity contribution in [1.29, 1.82) is 0 Å². The van der Waals surface area contributed by atoms with Crippen molar-refractivity contribution in [2.24, 2.45) is 0 Å². The van der Waals surface area contributed by atoms with Crippen molar-refractivity contribution in [2.45, 2.75) is 40.3 Å². The topological polar surface area (TPSA) is 34.4 Å². The van der Waals surface area contributed by atoms with Crippen LogP contribution in [0.1, 0.15) is 36.0 Å². The highest BCUT2D eigenvalue weighted by Gasteiger charge is 2.08. The number of furan rings is 1. The summed E-state index contributed by atoms with van der Waals surface area (Å²) in [5.74, 6) is 2.84. The van der Waals surface area contributed by atoms with E-state index in [9.17, 15) is 0 Å². The Bertz CT molecular complexity index is 546. The van der Waals surface area contributed by atoms with Crippen LogP contribution in [0, 0.1) is 13.8 Å². The summed E-state index contributed by atoms with van der Waals surface area (Å²) in [5.41, 5.74) is 2.26. The van der Waals surface area contributed by atoms with Crippen molar-refractivity contribution in [3.05, 3.63) is 53.0 Å². The lowest BCUT2D eigenvalue weighted by atomic mass is 10.2. The number of hydrogen-bond donors (Lipinski definition) is 1. The molecule has 2 aromatic rings. The van der Waals surface area contributed by atoms with Crippen molar-refractivity contribution >= 4 is 0 Å². The maximum atomic E-state index is 5.86. The lowest BCUT2D eigenvalue weighted by molar-refractivity contribution is 0.301. The fourth-order valence-corrected chi connectivity index (χ4v) is 2.08. The molecule has 2 rings (SSSR count). The molecule has 1 aromatic carbocycles. The third-order valence-corrected chi connectivity index (χ3v) is 3.27. The van der Waals surface area contributed by atoms with Crippen molar-refractivity contribution in [1.82, 2.24) is 5.32 Å². The molecule has 1 aromatic heterocycles. The molecule has 0 saturated carbocycles. The molecule has 0 bridgehead atoms. The Balaban J connectivity index is 1.94. The van der Waals surface area contributed by atoms with Gasteiger partial charge in [-0.15, -0.1) is 0 Å². The monoisotopic (exact) mass is 273 g/mol. The van der Waals surface area contributed by atoms with Crippen LogP contribution in [0.25, 0.3) is 0 Å². The number of para-hydroxylation sites is 1. The average molecular weight is 273 g/mol. The summed E-state index contributed by atoms with van der Waals surface area (Å²) in [5, 5.41) is 3.34. The summed E-state index contributed by atoms with van der Waals surface area (Å²) < 4.78 is 11.6. The first-order valence-corrected chi connectivity index (χ1v) is 7.18. The Morgan fingerprint density at radius 2 is 2.00 bits per heavy atom. The average Bonchev–Trinajstić information content (AvgIpc) is 2.79. The van der Waals surface area contributed by atoms with Gasteiger partial charge in [0.05, 0.1) is 6.54 Å². The van der Waals surface area contributed by atoms with Gasteiger partial charge in [-0.25, -0.2) is 0 Å². The molecule has 0 aliphatic heterocycles. The zero-order valence-electron chi connectivity index (χ0n) is 12.5. The van der Waals surface area contributed by atoms with Crippen molar-refractivity contribution in [3.8, 4) is 5.75 Å². The van der Waals surface area contributed by atoms with Gasteiger partial charge in [0, 0.05) is 5.56 Å². The second kappa shape index (κ2) is 7.15. The van der Waals surface area contributed by atoms with Gasteiger partial charge in [-0.1, -0.05) is 25.1 Å². The quantitative estimate of drug-likeness (QED) is 0.775. The summed E-state index contributed by atoms with van der Waals surface area (Å²) in [6.07, 6.45) is 1.13. The van der Waals surface area contributed by atoms with Gasteiger partial charge in [0.2, 0.25) is 0 Å². The summed E-state index contributed by atoms with van der Waals surface area (Å²) >= 11 is 0. The normalized spacial score (nSPS) is 10.8. The molecule has 0 unspecified atom stereocenters. The van der Waals surface area contributed by atoms with Crippen LogP contribution in [-0.4, -0.2) is 6.54 Å². The van der Waals surface area contributed by atoms with Crippen LogP contribution >= 0.6 is 0 Å². The van der Waals surface area contributed by atoms with E-state index in [1.54, 1.807) is 0 Å². The molecule has 20 heavy (non-hydrogen) atoms. The van der Waals surface area contributed by atoms with Crippen LogP contribution in [0.2, 0.25) is 0 Å². The minimum Gasteiger partial charge on any atom is -0.489 e. The first-order valence-electron chi connectivity index (χ1n) is 7.18. The summed E-state index contributed by atoms with van der Waals surface area (Å²) in [4.78, 5) is 0. The molecular formula is C17H23NO2. The summed E-state index contributed by atoms with van der Waals surface area (Å²) in [7, 11) is 0. The molecule has 0 amide bonds. The molecular weight excluding hydrogens is 250 g/mol. The van der Waals surface area contributed by atoms with E-state index < -0.39 is 0 Å². The lowest BCUT2D eigenvalue weighted by Crippen LogP contribution is -2.13. The van der Waals surface area contributed by atoms with Crippen LogP contribution in [0.3, 0.4) is 0 Å². The van der Waals surface area contributed by atoms with Gasteiger partial charge < -0.3 is 14.5 Å². The molecule has 0 aliphatic rings. The highest BCUT2D eigenvalue weighted by atomic mass is 16.5. The first kappa shape index (κ1) is 14.7. The maximum Gasteiger partial charge on any atom is 0.122 e. The van der Waals surface area contributed by atoms with Crippen LogP contribution in [-0.2, 0) is 13.2 Å². The molecule has 0 spiro atoms. The van der Waals surface area contributed by atoms with Crippen LogP contribution < -0.4 is 10.1 Å². The van der Waals surface area contributed by atoms with E-state index in [4.69, 9.17) is 9.15 Å². The second-order valence-electron chi connectivity index (χ2n) is 5.03. The predicted molar refractivity (Wildman–Crippen MR) is 81.0 cm³/mol. The third-order valence-electron chi connectivity index (χ3n) is 3.27. The van der Waals surface area contributed by atoms with Crippen LogP contribution in [0.4, 0.5) is 0 Å². The number of hydrogen-bond acceptors (Lipinski definition) is 3. The zero-order chi connectivity index (χ0) is 14.4. The van der Waals surface area contributed by atoms with Crippen LogP contribution in [0.5, 0.6) is 5.75 Å². The molecule has 0 aliphatic carbocycles. The van der Waals surface area contributed by atoms with E-state index in [1.165, 1.54) is 0 Å². The third kappa shape index (κ3) is 3.87. The van der Waals surface area contributed by atoms with Crippen molar-refractivity contribution in [2.75, 3.05) is 6.54 Å². The number of benzene rings is 1. The maximum absolute atomic E-state index is 5.86. The molecule has 0 fully saturated rings. The fourth-order valence-electron chi connectivity index (χ4n) is 2.08. The Morgan fingerprint density at radius 3 is 2.75 bits per heavy atom. The van der Waals surface area contributed by atoms with E-state index in [1.807, 2.05) is 25.1 Å². The first-order chi connectivity index (χ1) is 9.70. The van der Waals surface area contributed by atoms with Crippen LogP contribution in [0.15, 0.2) is 34.7 Å². The second-order valence-corrected chi connectivity index (χ2v) is 5.03. The standard InChI is InChI=1S/C17H23NO2/c1-4-9-18-11-16-10-15(14(3)20-16)12-19-17-8-6-5-7-13(17)2/h5-8,10,18H,4,9,11-12H2,1-3H3. The lowest BCUT2D eigenvalue weighted by Gasteiger charge is -2.07. The predicted octanol–water partition coefficient (Wildman–Crippen LogP) is 3.98. The molecule has 3 nitrogen and oxygen atoms in total. The van der Waals surface area contributed by atoms with E-state index in [0.717, 1.165) is 47.9 Å². The highest BCUT2D eigenvalue weighted by Crippen LogP contribution is 2.20. The molecule has 1 N–H and O–H groups in total. The van der Waals surface area contributed by atoms with E-state index in [-0.39, 0.29) is 0 Å². The SMILES string of the molecule is CCCNCc1cc(COc2ccccc2C)c(C)o1. The van der Waals surface area contributed by atoms with Gasteiger partial charge in [0.15, 0.2) is 0 Å². The Labute approximate surface area is 121 Å². The number of nitrogens with one attached hydrogen (secondary N) is 1. The van der Waals surface area contributed by atoms with Crippen molar-refractivity contribution in [3.63, 3.8) is 0 Å². The number of aryl methyl sites for hydroxylation is 2. The fraction of sp³-hybridized carbons (Fsp3) is 0.412. The summed E-state index contributed by atoms with van der Waals surface area (Å²) in [6, 6.07) is 10.1. The van der Waals surface area contributed by atoms with E-state index >= 15 is 0 Å². The van der Waals surface area contributed by atoms with Gasteiger partial charge in [0.25, 0.3) is 0 Å². The highest BCUT2D eigenvalue weighted by molar-refractivity contribution is 5.32. The largest absolute Gasteiger partial charge is 0.489 e. The minimum atomic E-state index is 0.550. The Hall–Kier alpha value is -1.74. The van der Waals surface area contributed by atoms with Crippen molar-refractivity contribution < 1.29 is 9.15 Å². The van der Waals surface area contributed by atoms with Gasteiger partial charge in [0.1, 0.15) is 23.9 Å². The minimum absolute atomic E-state index is 0.550. The summed E-state index contributed by atoms with van der Waals surface area (Å²) in [6.45, 7) is 8.53. The van der Waals surface area contributed by atoms with E-state index in [2.05, 4.69) is 31.3 Å². The smallest absolute Gasteiger partial charge is 0.122 e. The molecule has 0 radical (unpaired) electrons. The van der Waals surface area contributed by atoms with Gasteiger partial charge in [-0.05, 0) is 44.5 Å². The molecule has 3 heteroatoms.